The summed E-state index contributed by atoms with van der Waals surface area (Å²) in [5.41, 5.74) is 5.91. The number of piperazine rings is 1. The monoisotopic (exact) mass is 553 g/mol. The SMILES string of the molecule is CC(=O)C(F)F.CN1CCN(c2ccc(C(=O)NN(c3nc(C#N)nc4c3ncn4C)C3CCCC3)cc2)CC1. The standard InChI is InChI=1S/C24H29N9O.C3H4F2O/c1-30-11-13-32(14-12-30)18-9-7-17(8-10-18)24(34)29-33(19-5-3-4-6-19)23-21-22(31(2)16-26-21)27-20(15-25)28-23;1-2(6)3(4)5/h7-10,16,19H,3-6,11-14H2,1-2H3,(H,29,34);3H,1H3. The van der Waals surface area contributed by atoms with Crippen LogP contribution in [0.5, 0.6) is 0 Å². The number of aromatic nitrogens is 4. The fourth-order valence-corrected chi connectivity index (χ4v) is 4.75. The molecule has 1 aliphatic heterocycles. The molecule has 0 unspecified atom stereocenters. The van der Waals surface area contributed by atoms with Gasteiger partial charge in [0.25, 0.3) is 12.3 Å². The molecule has 212 valence electrons. The number of rotatable bonds is 6. The molecule has 0 bridgehead atoms. The Kier molecular flexibility index (Phi) is 9.21. The van der Waals surface area contributed by atoms with E-state index in [4.69, 9.17) is 0 Å². The van der Waals surface area contributed by atoms with Gasteiger partial charge in [0.1, 0.15) is 6.07 Å². The Bertz CT molecular complexity index is 1370. The van der Waals surface area contributed by atoms with E-state index in [0.29, 0.717) is 22.5 Å². The van der Waals surface area contributed by atoms with Crippen LogP contribution in [-0.4, -0.2) is 81.8 Å². The summed E-state index contributed by atoms with van der Waals surface area (Å²) >= 11 is 0. The van der Waals surface area contributed by atoms with Gasteiger partial charge in [-0.1, -0.05) is 12.8 Å². The number of carbonyl (C=O) groups is 2. The number of amides is 1. The summed E-state index contributed by atoms with van der Waals surface area (Å²) in [7, 11) is 3.96. The fourth-order valence-electron chi connectivity index (χ4n) is 4.75. The maximum absolute atomic E-state index is 13.3. The number of hydrogen-bond acceptors (Lipinski definition) is 9. The number of nitrogens with zero attached hydrogens (tertiary/aromatic N) is 8. The van der Waals surface area contributed by atoms with Crippen molar-refractivity contribution in [3.8, 4) is 6.07 Å². The topological polar surface area (TPSA) is 123 Å². The average Bonchev–Trinajstić information content (AvgIpc) is 3.62. The summed E-state index contributed by atoms with van der Waals surface area (Å²) in [6.07, 6.45) is 2.89. The second-order valence-electron chi connectivity index (χ2n) is 10.0. The minimum Gasteiger partial charge on any atom is -0.369 e. The minimum atomic E-state index is -2.79. The van der Waals surface area contributed by atoms with E-state index in [1.54, 1.807) is 10.9 Å². The molecule has 1 N–H and O–H groups in total. The average molecular weight is 554 g/mol. The van der Waals surface area contributed by atoms with Gasteiger partial charge in [0, 0.05) is 51.4 Å². The van der Waals surface area contributed by atoms with Gasteiger partial charge in [-0.25, -0.2) is 13.8 Å². The van der Waals surface area contributed by atoms with Crippen molar-refractivity contribution < 1.29 is 18.4 Å². The van der Waals surface area contributed by atoms with Crippen LogP contribution >= 0.6 is 0 Å². The van der Waals surface area contributed by atoms with Gasteiger partial charge in [-0.15, -0.1) is 0 Å². The Morgan fingerprint density at radius 2 is 1.70 bits per heavy atom. The van der Waals surface area contributed by atoms with Crippen molar-refractivity contribution in [2.24, 2.45) is 7.05 Å². The zero-order chi connectivity index (χ0) is 28.8. The normalized spacial score (nSPS) is 16.0. The molecule has 3 heterocycles. The highest BCUT2D eigenvalue weighted by molar-refractivity contribution is 5.96. The predicted octanol–water partition coefficient (Wildman–Crippen LogP) is 2.92. The number of halogens is 2. The third-order valence-electron chi connectivity index (χ3n) is 7.09. The molecule has 1 saturated carbocycles. The van der Waals surface area contributed by atoms with Crippen molar-refractivity contribution in [1.82, 2.24) is 29.8 Å². The molecule has 40 heavy (non-hydrogen) atoms. The van der Waals surface area contributed by atoms with Gasteiger partial charge in [-0.3, -0.25) is 20.0 Å². The van der Waals surface area contributed by atoms with Crippen molar-refractivity contribution >= 4 is 34.4 Å². The van der Waals surface area contributed by atoms with Crippen LogP contribution in [0.2, 0.25) is 0 Å². The Morgan fingerprint density at radius 3 is 2.27 bits per heavy atom. The van der Waals surface area contributed by atoms with Crippen molar-refractivity contribution in [1.29, 1.82) is 5.26 Å². The lowest BCUT2D eigenvalue weighted by molar-refractivity contribution is -0.127. The first-order valence-electron chi connectivity index (χ1n) is 13.2. The van der Waals surface area contributed by atoms with E-state index < -0.39 is 12.2 Å². The van der Waals surface area contributed by atoms with Crippen molar-refractivity contribution in [3.05, 3.63) is 42.0 Å². The molecule has 11 nitrogen and oxygen atoms in total. The molecule has 0 radical (unpaired) electrons. The first-order valence-corrected chi connectivity index (χ1v) is 13.2. The smallest absolute Gasteiger partial charge is 0.295 e. The number of nitriles is 1. The number of nitrogens with one attached hydrogen (secondary N) is 1. The largest absolute Gasteiger partial charge is 0.369 e. The van der Waals surface area contributed by atoms with Gasteiger partial charge in [0.15, 0.2) is 22.8 Å². The highest BCUT2D eigenvalue weighted by atomic mass is 19.3. The number of aryl methyl sites for hydroxylation is 1. The second-order valence-corrected chi connectivity index (χ2v) is 10.0. The molecule has 1 aliphatic carbocycles. The molecule has 1 saturated heterocycles. The maximum atomic E-state index is 13.3. The lowest BCUT2D eigenvalue weighted by Crippen LogP contribution is -2.48. The predicted molar refractivity (Wildman–Crippen MR) is 146 cm³/mol. The number of hydrazine groups is 1. The number of ketones is 1. The minimum absolute atomic E-state index is 0.0554. The molecule has 2 fully saturated rings. The molecule has 3 aromatic rings. The first-order chi connectivity index (χ1) is 19.2. The van der Waals surface area contributed by atoms with Crippen molar-refractivity contribution in [2.75, 3.05) is 43.1 Å². The van der Waals surface area contributed by atoms with Crippen LogP contribution in [0.1, 0.15) is 48.8 Å². The van der Waals surface area contributed by atoms with Crippen LogP contribution < -0.4 is 15.3 Å². The summed E-state index contributed by atoms with van der Waals surface area (Å²) in [4.78, 5) is 40.6. The maximum Gasteiger partial charge on any atom is 0.295 e. The Labute approximate surface area is 231 Å². The van der Waals surface area contributed by atoms with E-state index in [1.165, 1.54) is 0 Å². The molecule has 0 spiro atoms. The number of carbonyl (C=O) groups excluding carboxylic acids is 2. The van der Waals surface area contributed by atoms with Crippen molar-refractivity contribution in [3.63, 3.8) is 0 Å². The van der Waals surface area contributed by atoms with Gasteiger partial charge in [0.05, 0.1) is 12.4 Å². The molecule has 2 aromatic heterocycles. The number of anilines is 2. The van der Waals surface area contributed by atoms with Crippen LogP contribution in [0.3, 0.4) is 0 Å². The van der Waals surface area contributed by atoms with Crippen LogP contribution in [0.4, 0.5) is 20.3 Å². The quantitative estimate of drug-likeness (QED) is 0.459. The highest BCUT2D eigenvalue weighted by Gasteiger charge is 2.29. The van der Waals surface area contributed by atoms with Crippen LogP contribution in [0.25, 0.3) is 11.2 Å². The highest BCUT2D eigenvalue weighted by Crippen LogP contribution is 2.30. The number of fused-ring (bicyclic) bond motifs is 1. The molecule has 2 aliphatic rings. The van der Waals surface area contributed by atoms with Gasteiger partial charge < -0.3 is 14.4 Å². The molecule has 5 rings (SSSR count). The number of imidazole rings is 1. The summed E-state index contributed by atoms with van der Waals surface area (Å²) < 4.78 is 23.4. The summed E-state index contributed by atoms with van der Waals surface area (Å²) in [6.45, 7) is 4.87. The summed E-state index contributed by atoms with van der Waals surface area (Å²) in [5, 5.41) is 11.3. The number of likely N-dealkylation sites (N-methyl/N-ethyl adjacent to an activating group) is 1. The van der Waals surface area contributed by atoms with Crippen molar-refractivity contribution in [2.45, 2.75) is 45.1 Å². The second kappa shape index (κ2) is 12.8. The molecule has 13 heteroatoms. The number of hydrogen-bond donors (Lipinski definition) is 1. The lowest BCUT2D eigenvalue weighted by atomic mass is 10.1. The summed E-state index contributed by atoms with van der Waals surface area (Å²) in [5.74, 6) is -0.760. The van der Waals surface area contributed by atoms with E-state index in [1.807, 2.05) is 42.4 Å². The molecule has 1 aromatic carbocycles. The van der Waals surface area contributed by atoms with E-state index in [2.05, 4.69) is 37.2 Å². The third-order valence-corrected chi connectivity index (χ3v) is 7.09. The Morgan fingerprint density at radius 1 is 1.07 bits per heavy atom. The lowest BCUT2D eigenvalue weighted by Gasteiger charge is -2.34. The molecular formula is C27H33F2N9O2. The van der Waals surface area contributed by atoms with Gasteiger partial charge >= 0.3 is 0 Å². The van der Waals surface area contributed by atoms with Crippen LogP contribution in [0, 0.1) is 11.3 Å². The van der Waals surface area contributed by atoms with E-state index in [-0.39, 0.29) is 17.8 Å². The van der Waals surface area contributed by atoms with Gasteiger partial charge in [0.2, 0.25) is 5.82 Å². The third kappa shape index (κ3) is 6.69. The van der Waals surface area contributed by atoms with Gasteiger partial charge in [-0.05, 0) is 44.2 Å². The van der Waals surface area contributed by atoms with E-state index in [9.17, 15) is 23.6 Å². The molecule has 1 amide bonds. The Hall–Kier alpha value is -4.18. The Balaban J connectivity index is 0.000000557. The molecule has 0 atom stereocenters. The zero-order valence-electron chi connectivity index (χ0n) is 22.8. The van der Waals surface area contributed by atoms with E-state index in [0.717, 1.165) is 64.5 Å². The zero-order valence-corrected chi connectivity index (χ0v) is 22.8. The molecular weight excluding hydrogens is 520 g/mol. The first kappa shape index (κ1) is 28.8. The number of Topliss-reactive ketones (excluding diaryl/α,β-unsaturated/α-hetero) is 1. The van der Waals surface area contributed by atoms with Gasteiger partial charge in [-0.2, -0.15) is 15.2 Å². The fraction of sp³-hybridized carbons (Fsp3) is 0.481. The number of benzene rings is 1. The summed E-state index contributed by atoms with van der Waals surface area (Å²) in [6, 6.07) is 9.88. The van der Waals surface area contributed by atoms with Crippen LogP contribution in [-0.2, 0) is 11.8 Å². The van der Waals surface area contributed by atoms with Crippen LogP contribution in [0.15, 0.2) is 30.6 Å². The van der Waals surface area contributed by atoms with E-state index >= 15 is 0 Å². The number of alkyl halides is 2.